The molecule has 0 aromatic rings. The van der Waals surface area contributed by atoms with E-state index in [1.54, 1.807) is 0 Å². The Morgan fingerprint density at radius 1 is 1.64 bits per heavy atom. The summed E-state index contributed by atoms with van der Waals surface area (Å²) in [5.74, 6) is 0.104. The van der Waals surface area contributed by atoms with Crippen LogP contribution in [0.15, 0.2) is 0 Å². The quantitative estimate of drug-likeness (QED) is 0.611. The monoisotopic (exact) mass is 155 g/mol. The third kappa shape index (κ3) is 2.50. The number of hydrogen-bond donors (Lipinski definition) is 1. The van der Waals surface area contributed by atoms with Gasteiger partial charge < -0.3 is 5.32 Å². The highest BCUT2D eigenvalue weighted by Gasteiger charge is 2.20. The number of carbonyl (C=O) groups excluding carboxylic acids is 1. The second kappa shape index (κ2) is 4.34. The largest absolute Gasteiger partial charge is 0.355 e. The smallest absolute Gasteiger partial charge is 0.238 e. The molecule has 0 spiro atoms. The van der Waals surface area contributed by atoms with Crippen molar-refractivity contribution in [3.8, 4) is 0 Å². The van der Waals surface area contributed by atoms with Gasteiger partial charge in [-0.2, -0.15) is 0 Å². The van der Waals surface area contributed by atoms with Gasteiger partial charge in [-0.05, 0) is 26.2 Å². The van der Waals surface area contributed by atoms with E-state index in [0.29, 0.717) is 6.54 Å². The minimum atomic E-state index is -0.0521. The molecule has 0 aliphatic carbocycles. The maximum absolute atomic E-state index is 11.2. The number of amides is 1. The van der Waals surface area contributed by atoms with E-state index >= 15 is 0 Å². The fourth-order valence-corrected chi connectivity index (χ4v) is 1.29. The normalized spacial score (nSPS) is 24.6. The summed E-state index contributed by atoms with van der Waals surface area (Å²) in [5, 5.41) is 7.02. The molecule has 1 aliphatic heterocycles. The molecular formula is C8H15N2O. The SMILES string of the molecule is CCNC(=O)C1CCCC[N]1. The zero-order valence-electron chi connectivity index (χ0n) is 6.97. The van der Waals surface area contributed by atoms with Crippen LogP contribution in [0, 0.1) is 0 Å². The lowest BCUT2D eigenvalue weighted by Crippen LogP contribution is -2.42. The summed E-state index contributed by atoms with van der Waals surface area (Å²) in [6.07, 6.45) is 3.23. The predicted molar refractivity (Wildman–Crippen MR) is 43.3 cm³/mol. The van der Waals surface area contributed by atoms with Crippen LogP contribution in [0.25, 0.3) is 0 Å². The second-order valence-corrected chi connectivity index (χ2v) is 2.81. The summed E-state index contributed by atoms with van der Waals surface area (Å²) in [4.78, 5) is 11.2. The maximum atomic E-state index is 11.2. The van der Waals surface area contributed by atoms with E-state index in [1.807, 2.05) is 6.92 Å². The van der Waals surface area contributed by atoms with E-state index in [-0.39, 0.29) is 11.9 Å². The molecule has 1 N–H and O–H groups in total. The van der Waals surface area contributed by atoms with Gasteiger partial charge >= 0.3 is 0 Å². The highest BCUT2D eigenvalue weighted by molar-refractivity contribution is 5.81. The van der Waals surface area contributed by atoms with Crippen LogP contribution in [0.5, 0.6) is 0 Å². The number of carbonyl (C=O) groups is 1. The van der Waals surface area contributed by atoms with Crippen LogP contribution in [0.4, 0.5) is 0 Å². The number of nitrogens with zero attached hydrogens (tertiary/aromatic N) is 1. The Morgan fingerprint density at radius 3 is 3.00 bits per heavy atom. The average Bonchev–Trinajstić information content (AvgIpc) is 2.07. The van der Waals surface area contributed by atoms with Crippen LogP contribution < -0.4 is 10.6 Å². The van der Waals surface area contributed by atoms with Gasteiger partial charge in [0.25, 0.3) is 0 Å². The van der Waals surface area contributed by atoms with Gasteiger partial charge in [-0.3, -0.25) is 4.79 Å². The van der Waals surface area contributed by atoms with Gasteiger partial charge in [0.05, 0.1) is 0 Å². The first-order valence-corrected chi connectivity index (χ1v) is 4.29. The van der Waals surface area contributed by atoms with Crippen molar-refractivity contribution in [3.63, 3.8) is 0 Å². The van der Waals surface area contributed by atoms with Crippen molar-refractivity contribution in [3.05, 3.63) is 0 Å². The fraction of sp³-hybridized carbons (Fsp3) is 0.875. The van der Waals surface area contributed by atoms with Crippen molar-refractivity contribution in [1.82, 2.24) is 10.6 Å². The van der Waals surface area contributed by atoms with Crippen molar-refractivity contribution in [1.29, 1.82) is 0 Å². The second-order valence-electron chi connectivity index (χ2n) is 2.81. The highest BCUT2D eigenvalue weighted by atomic mass is 16.2. The van der Waals surface area contributed by atoms with Crippen LogP contribution in [0.2, 0.25) is 0 Å². The van der Waals surface area contributed by atoms with Gasteiger partial charge in [-0.1, -0.05) is 0 Å². The molecule has 3 heteroatoms. The molecule has 1 fully saturated rings. The van der Waals surface area contributed by atoms with Crippen LogP contribution in [0.3, 0.4) is 0 Å². The number of nitrogens with one attached hydrogen (secondary N) is 1. The molecule has 1 unspecified atom stereocenters. The van der Waals surface area contributed by atoms with Gasteiger partial charge in [0.1, 0.15) is 6.04 Å². The summed E-state index contributed by atoms with van der Waals surface area (Å²) in [6.45, 7) is 3.51. The molecule has 1 radical (unpaired) electrons. The Balaban J connectivity index is 2.27. The molecule has 1 amide bonds. The lowest BCUT2D eigenvalue weighted by molar-refractivity contribution is -0.123. The first-order valence-electron chi connectivity index (χ1n) is 4.29. The summed E-state index contributed by atoms with van der Waals surface area (Å²) < 4.78 is 0. The van der Waals surface area contributed by atoms with Gasteiger partial charge in [-0.25, -0.2) is 5.32 Å². The Kier molecular flexibility index (Phi) is 3.36. The molecule has 0 bridgehead atoms. The number of likely N-dealkylation sites (N-methyl/N-ethyl adjacent to an activating group) is 1. The maximum Gasteiger partial charge on any atom is 0.238 e. The van der Waals surface area contributed by atoms with E-state index in [1.165, 1.54) is 0 Å². The molecular weight excluding hydrogens is 140 g/mol. The molecule has 1 saturated heterocycles. The average molecular weight is 155 g/mol. The lowest BCUT2D eigenvalue weighted by Gasteiger charge is -2.20. The standard InChI is InChI=1S/C8H15N2O/c1-2-9-8(11)7-5-3-4-6-10-7/h7H,2-6H2,1H3,(H,9,11). The van der Waals surface area contributed by atoms with E-state index in [2.05, 4.69) is 10.6 Å². The zero-order valence-corrected chi connectivity index (χ0v) is 6.97. The van der Waals surface area contributed by atoms with Crippen molar-refractivity contribution in [2.75, 3.05) is 13.1 Å². The van der Waals surface area contributed by atoms with Gasteiger partial charge in [-0.15, -0.1) is 0 Å². The van der Waals surface area contributed by atoms with Crippen LogP contribution >= 0.6 is 0 Å². The first-order chi connectivity index (χ1) is 5.34. The molecule has 11 heavy (non-hydrogen) atoms. The Labute approximate surface area is 67.5 Å². The molecule has 63 valence electrons. The van der Waals surface area contributed by atoms with Crippen LogP contribution in [-0.4, -0.2) is 25.0 Å². The summed E-state index contributed by atoms with van der Waals surface area (Å²) in [7, 11) is 0. The van der Waals surface area contributed by atoms with Crippen molar-refractivity contribution < 1.29 is 4.79 Å². The summed E-state index contributed by atoms with van der Waals surface area (Å²) >= 11 is 0. The Hall–Kier alpha value is -0.570. The minimum absolute atomic E-state index is 0.0521. The molecule has 1 aliphatic rings. The summed E-state index contributed by atoms with van der Waals surface area (Å²) in [5.41, 5.74) is 0. The lowest BCUT2D eigenvalue weighted by atomic mass is 10.0. The van der Waals surface area contributed by atoms with Gasteiger partial charge in [0.2, 0.25) is 5.91 Å². The molecule has 1 heterocycles. The van der Waals surface area contributed by atoms with E-state index < -0.39 is 0 Å². The number of rotatable bonds is 2. The van der Waals surface area contributed by atoms with Gasteiger partial charge in [0, 0.05) is 13.1 Å². The predicted octanol–water partition coefficient (Wildman–Crippen LogP) is 0.279. The van der Waals surface area contributed by atoms with E-state index in [9.17, 15) is 4.79 Å². The molecule has 3 nitrogen and oxygen atoms in total. The van der Waals surface area contributed by atoms with E-state index in [0.717, 1.165) is 25.8 Å². The molecule has 1 atom stereocenters. The van der Waals surface area contributed by atoms with Crippen LogP contribution in [-0.2, 0) is 4.79 Å². The number of piperidine rings is 1. The molecule has 0 aromatic heterocycles. The van der Waals surface area contributed by atoms with Crippen molar-refractivity contribution in [2.24, 2.45) is 0 Å². The Bertz CT molecular complexity index is 130. The number of hydrogen-bond acceptors (Lipinski definition) is 1. The topological polar surface area (TPSA) is 43.2 Å². The Morgan fingerprint density at radius 2 is 2.45 bits per heavy atom. The third-order valence-corrected chi connectivity index (χ3v) is 1.89. The van der Waals surface area contributed by atoms with Crippen LogP contribution in [0.1, 0.15) is 26.2 Å². The minimum Gasteiger partial charge on any atom is -0.355 e. The highest BCUT2D eigenvalue weighted by Crippen LogP contribution is 2.07. The molecule has 0 aromatic carbocycles. The van der Waals surface area contributed by atoms with E-state index in [4.69, 9.17) is 0 Å². The van der Waals surface area contributed by atoms with Crippen molar-refractivity contribution >= 4 is 5.91 Å². The molecule has 0 saturated carbocycles. The fourth-order valence-electron chi connectivity index (χ4n) is 1.29. The summed E-state index contributed by atoms with van der Waals surface area (Å²) in [6, 6.07) is -0.0521. The van der Waals surface area contributed by atoms with Crippen molar-refractivity contribution in [2.45, 2.75) is 32.2 Å². The first kappa shape index (κ1) is 8.53. The van der Waals surface area contributed by atoms with Gasteiger partial charge in [0.15, 0.2) is 0 Å². The zero-order chi connectivity index (χ0) is 8.10. The molecule has 1 rings (SSSR count). The third-order valence-electron chi connectivity index (χ3n) is 1.89.